The lowest BCUT2D eigenvalue weighted by Gasteiger charge is -2.23. The summed E-state index contributed by atoms with van der Waals surface area (Å²) in [6.45, 7) is 0.516. The van der Waals surface area contributed by atoms with Crippen LogP contribution in [-0.4, -0.2) is 23.5 Å². The summed E-state index contributed by atoms with van der Waals surface area (Å²) >= 11 is 0. The second-order valence-electron chi connectivity index (χ2n) is 5.84. The number of ether oxygens (including phenoxy) is 1. The number of piperidine rings is 1. The Morgan fingerprint density at radius 2 is 2.04 bits per heavy atom. The Kier molecular flexibility index (Phi) is 4.76. The first-order valence-corrected chi connectivity index (χ1v) is 7.91. The maximum absolute atomic E-state index is 11.3. The lowest BCUT2D eigenvalue weighted by molar-refractivity contribution is -0.123. The Morgan fingerprint density at radius 3 is 2.78 bits per heavy atom. The highest BCUT2D eigenvalue weighted by molar-refractivity contribution is 5.76. The molecule has 0 aliphatic carbocycles. The van der Waals surface area contributed by atoms with Crippen LogP contribution in [0.3, 0.4) is 0 Å². The van der Waals surface area contributed by atoms with Gasteiger partial charge in [-0.15, -0.1) is 0 Å². The first-order valence-electron chi connectivity index (χ1n) is 7.91. The highest BCUT2D eigenvalue weighted by Crippen LogP contribution is 2.16. The van der Waals surface area contributed by atoms with Crippen LogP contribution in [0.15, 0.2) is 42.5 Å². The van der Waals surface area contributed by atoms with Crippen LogP contribution in [0.4, 0.5) is 5.82 Å². The van der Waals surface area contributed by atoms with Crippen LogP contribution >= 0.6 is 0 Å². The Balaban J connectivity index is 1.53. The lowest BCUT2D eigenvalue weighted by Crippen LogP contribution is -2.42. The molecule has 2 aromatic rings. The van der Waals surface area contributed by atoms with Gasteiger partial charge in [0, 0.05) is 18.5 Å². The van der Waals surface area contributed by atoms with E-state index >= 15 is 0 Å². The average molecular weight is 311 g/mol. The molecule has 0 bridgehead atoms. The van der Waals surface area contributed by atoms with Gasteiger partial charge in [-0.3, -0.25) is 4.79 Å². The van der Waals surface area contributed by atoms with Crippen LogP contribution in [0.2, 0.25) is 0 Å². The number of hydrogen-bond acceptors (Lipinski definition) is 4. The average Bonchev–Trinajstić information content (AvgIpc) is 2.54. The molecular formula is C18H21N3O2. The van der Waals surface area contributed by atoms with Crippen molar-refractivity contribution in [3.8, 4) is 5.75 Å². The maximum atomic E-state index is 11.3. The third-order valence-electron chi connectivity index (χ3n) is 3.91. The molecule has 3 rings (SSSR count). The molecule has 2 heterocycles. The summed E-state index contributed by atoms with van der Waals surface area (Å²) in [5.41, 5.74) is 7.80. The van der Waals surface area contributed by atoms with Crippen LogP contribution in [0, 0.1) is 0 Å². The summed E-state index contributed by atoms with van der Waals surface area (Å²) in [4.78, 5) is 15.6. The van der Waals surface area contributed by atoms with E-state index in [0.29, 0.717) is 18.8 Å². The summed E-state index contributed by atoms with van der Waals surface area (Å²) < 4.78 is 5.77. The zero-order valence-corrected chi connectivity index (χ0v) is 13.0. The number of amides is 1. The first-order chi connectivity index (χ1) is 11.2. The zero-order valence-electron chi connectivity index (χ0n) is 13.0. The van der Waals surface area contributed by atoms with Gasteiger partial charge in [0.15, 0.2) is 0 Å². The molecule has 0 radical (unpaired) electrons. The maximum Gasteiger partial charge on any atom is 0.220 e. The van der Waals surface area contributed by atoms with Crippen molar-refractivity contribution >= 4 is 11.7 Å². The van der Waals surface area contributed by atoms with E-state index in [4.69, 9.17) is 10.5 Å². The van der Waals surface area contributed by atoms with Crippen LogP contribution in [0.1, 0.15) is 30.5 Å². The summed E-state index contributed by atoms with van der Waals surface area (Å²) in [6.07, 6.45) is 3.28. The van der Waals surface area contributed by atoms with Crippen LogP contribution in [0.25, 0.3) is 0 Å². The first kappa shape index (κ1) is 15.3. The van der Waals surface area contributed by atoms with Gasteiger partial charge >= 0.3 is 0 Å². The Bertz CT molecular complexity index is 670. The van der Waals surface area contributed by atoms with E-state index in [9.17, 15) is 4.79 Å². The van der Waals surface area contributed by atoms with E-state index in [2.05, 4.69) is 10.3 Å². The largest absolute Gasteiger partial charge is 0.491 e. The molecule has 3 N–H and O–H groups in total. The van der Waals surface area contributed by atoms with E-state index in [1.807, 2.05) is 36.4 Å². The SMILES string of the molecule is Nc1cccc(Cc2ccc(OC[C@@H]3CCCC(=O)N3)cc2)n1. The lowest BCUT2D eigenvalue weighted by atomic mass is 10.1. The Hall–Kier alpha value is -2.56. The van der Waals surface area contributed by atoms with Gasteiger partial charge in [0.2, 0.25) is 5.91 Å². The molecule has 23 heavy (non-hydrogen) atoms. The van der Waals surface area contributed by atoms with Crippen LogP contribution < -0.4 is 15.8 Å². The van der Waals surface area contributed by atoms with Crippen molar-refractivity contribution in [3.05, 3.63) is 53.7 Å². The van der Waals surface area contributed by atoms with Gasteiger partial charge in [0.25, 0.3) is 0 Å². The predicted molar refractivity (Wildman–Crippen MR) is 89.2 cm³/mol. The van der Waals surface area contributed by atoms with Gasteiger partial charge in [0.1, 0.15) is 18.2 Å². The second-order valence-corrected chi connectivity index (χ2v) is 5.84. The zero-order chi connectivity index (χ0) is 16.1. The van der Waals surface area contributed by atoms with Crippen LogP contribution in [0.5, 0.6) is 5.75 Å². The minimum atomic E-state index is 0.118. The van der Waals surface area contributed by atoms with E-state index < -0.39 is 0 Å². The van der Waals surface area contributed by atoms with E-state index in [-0.39, 0.29) is 11.9 Å². The second kappa shape index (κ2) is 7.13. The molecule has 5 heteroatoms. The number of benzene rings is 1. The van der Waals surface area contributed by atoms with Crippen molar-refractivity contribution in [1.82, 2.24) is 10.3 Å². The molecule has 1 fully saturated rings. The van der Waals surface area contributed by atoms with E-state index in [0.717, 1.165) is 36.3 Å². The van der Waals surface area contributed by atoms with E-state index in [1.165, 1.54) is 0 Å². The third-order valence-corrected chi connectivity index (χ3v) is 3.91. The molecule has 1 aromatic heterocycles. The van der Waals surface area contributed by atoms with Crippen LogP contribution in [-0.2, 0) is 11.2 Å². The van der Waals surface area contributed by atoms with Crippen molar-refractivity contribution in [1.29, 1.82) is 0 Å². The quantitative estimate of drug-likeness (QED) is 0.888. The third kappa shape index (κ3) is 4.45. The minimum absolute atomic E-state index is 0.118. The van der Waals surface area contributed by atoms with Gasteiger partial charge in [-0.05, 0) is 42.7 Å². The number of nitrogens with one attached hydrogen (secondary N) is 1. The number of nitrogens with zero attached hydrogens (tertiary/aromatic N) is 1. The van der Waals surface area contributed by atoms with Crippen molar-refractivity contribution in [2.45, 2.75) is 31.7 Å². The van der Waals surface area contributed by atoms with E-state index in [1.54, 1.807) is 6.07 Å². The summed E-state index contributed by atoms with van der Waals surface area (Å²) in [5, 5.41) is 2.95. The smallest absolute Gasteiger partial charge is 0.220 e. The summed E-state index contributed by atoms with van der Waals surface area (Å²) in [5.74, 6) is 1.47. The number of rotatable bonds is 5. The van der Waals surface area contributed by atoms with Crippen molar-refractivity contribution in [3.63, 3.8) is 0 Å². The minimum Gasteiger partial charge on any atom is -0.491 e. The molecule has 1 aliphatic rings. The topological polar surface area (TPSA) is 77.2 Å². The van der Waals surface area contributed by atoms with Crippen molar-refractivity contribution < 1.29 is 9.53 Å². The van der Waals surface area contributed by atoms with Crippen molar-refractivity contribution in [2.24, 2.45) is 0 Å². The normalized spacial score (nSPS) is 17.6. The Labute approximate surface area is 135 Å². The Morgan fingerprint density at radius 1 is 1.22 bits per heavy atom. The fourth-order valence-corrected chi connectivity index (χ4v) is 2.71. The molecule has 1 aromatic carbocycles. The molecular weight excluding hydrogens is 290 g/mol. The van der Waals surface area contributed by atoms with Gasteiger partial charge in [-0.25, -0.2) is 4.98 Å². The highest BCUT2D eigenvalue weighted by Gasteiger charge is 2.18. The molecule has 0 unspecified atom stereocenters. The van der Waals surface area contributed by atoms with Gasteiger partial charge in [-0.1, -0.05) is 18.2 Å². The fourth-order valence-electron chi connectivity index (χ4n) is 2.71. The number of aromatic nitrogens is 1. The number of carbonyl (C=O) groups excluding carboxylic acids is 1. The molecule has 1 aliphatic heterocycles. The monoisotopic (exact) mass is 311 g/mol. The molecule has 1 amide bonds. The molecule has 5 nitrogen and oxygen atoms in total. The number of carbonyl (C=O) groups is 1. The molecule has 1 saturated heterocycles. The molecule has 0 saturated carbocycles. The number of nitrogens with two attached hydrogens (primary N) is 1. The number of anilines is 1. The highest BCUT2D eigenvalue weighted by atomic mass is 16.5. The number of nitrogen functional groups attached to an aromatic ring is 1. The number of pyridine rings is 1. The molecule has 1 atom stereocenters. The number of hydrogen-bond donors (Lipinski definition) is 2. The van der Waals surface area contributed by atoms with Crippen molar-refractivity contribution in [2.75, 3.05) is 12.3 Å². The van der Waals surface area contributed by atoms with Gasteiger partial charge in [0.05, 0.1) is 6.04 Å². The summed E-state index contributed by atoms with van der Waals surface area (Å²) in [7, 11) is 0. The standard InChI is InChI=1S/C18H21N3O2/c19-17-5-1-3-14(20-17)11-13-7-9-16(10-8-13)23-12-15-4-2-6-18(22)21-15/h1,3,5,7-10,15H,2,4,6,11-12H2,(H2,19,20)(H,21,22)/t15-/m0/s1. The fraction of sp³-hybridized carbons (Fsp3) is 0.333. The van der Waals surface area contributed by atoms with Gasteiger partial charge in [-0.2, -0.15) is 0 Å². The molecule has 120 valence electrons. The molecule has 0 spiro atoms. The summed E-state index contributed by atoms with van der Waals surface area (Å²) in [6, 6.07) is 13.7. The predicted octanol–water partition coefficient (Wildman–Crippen LogP) is 2.30. The van der Waals surface area contributed by atoms with Gasteiger partial charge < -0.3 is 15.8 Å².